The molecule has 0 aliphatic rings. The van der Waals surface area contributed by atoms with Crippen LogP contribution in [-0.4, -0.2) is 21.9 Å². The normalized spacial score (nSPS) is 11.8. The van der Waals surface area contributed by atoms with Gasteiger partial charge < -0.3 is 10.6 Å². The van der Waals surface area contributed by atoms with Gasteiger partial charge in [0.2, 0.25) is 0 Å². The third-order valence-electron chi connectivity index (χ3n) is 3.53. The van der Waals surface area contributed by atoms with Crippen molar-refractivity contribution in [3.8, 4) is 0 Å². The Balaban J connectivity index is 2.06. The number of anilines is 2. The molecule has 0 saturated heterocycles. The molecule has 0 bridgehead atoms. The Hall–Kier alpha value is -2.43. The fourth-order valence-corrected chi connectivity index (χ4v) is 1.93. The molecule has 22 heavy (non-hydrogen) atoms. The quantitative estimate of drug-likeness (QED) is 0.856. The molecule has 0 radical (unpaired) electrons. The molecular formula is C17H22N4O. The van der Waals surface area contributed by atoms with Gasteiger partial charge in [0.25, 0.3) is 5.91 Å². The zero-order valence-electron chi connectivity index (χ0n) is 13.3. The Labute approximate surface area is 131 Å². The molecule has 1 aromatic heterocycles. The highest BCUT2D eigenvalue weighted by atomic mass is 16.1. The number of nitrogens with one attached hydrogen (secondary N) is 2. The van der Waals surface area contributed by atoms with E-state index in [-0.39, 0.29) is 5.91 Å². The molecule has 2 rings (SSSR count). The van der Waals surface area contributed by atoms with Crippen molar-refractivity contribution in [2.45, 2.75) is 39.7 Å². The summed E-state index contributed by atoms with van der Waals surface area (Å²) >= 11 is 0. The zero-order chi connectivity index (χ0) is 15.9. The lowest BCUT2D eigenvalue weighted by atomic mass is 10.1. The maximum absolute atomic E-state index is 12.2. The molecule has 2 aromatic rings. The van der Waals surface area contributed by atoms with Gasteiger partial charge in [-0.3, -0.25) is 4.79 Å². The maximum atomic E-state index is 12.2. The van der Waals surface area contributed by atoms with Crippen molar-refractivity contribution in [3.05, 3.63) is 47.9 Å². The number of aromatic nitrogens is 2. The van der Waals surface area contributed by atoms with Crippen molar-refractivity contribution in [1.29, 1.82) is 0 Å². The first-order valence-corrected chi connectivity index (χ1v) is 7.61. The molecule has 5 nitrogen and oxygen atoms in total. The lowest BCUT2D eigenvalue weighted by Gasteiger charge is -2.12. The molecule has 2 N–H and O–H groups in total. The predicted octanol–water partition coefficient (Wildman–Crippen LogP) is 3.50. The number of carbonyl (C=O) groups excluding carboxylic acids is 1. The van der Waals surface area contributed by atoms with Crippen LogP contribution in [0, 0.1) is 0 Å². The van der Waals surface area contributed by atoms with E-state index in [1.165, 1.54) is 11.9 Å². The molecule has 1 aromatic carbocycles. The molecular weight excluding hydrogens is 276 g/mol. The van der Waals surface area contributed by atoms with Gasteiger partial charge in [-0.1, -0.05) is 26.0 Å². The van der Waals surface area contributed by atoms with Crippen LogP contribution in [0.15, 0.2) is 36.7 Å². The summed E-state index contributed by atoms with van der Waals surface area (Å²) in [5.41, 5.74) is 2.35. The maximum Gasteiger partial charge on any atom is 0.274 e. The van der Waals surface area contributed by atoms with Crippen LogP contribution in [0.25, 0.3) is 0 Å². The first-order chi connectivity index (χ1) is 10.6. The first kappa shape index (κ1) is 15.9. The smallest absolute Gasteiger partial charge is 0.274 e. The van der Waals surface area contributed by atoms with Crippen LogP contribution in [0.1, 0.15) is 43.2 Å². The summed E-state index contributed by atoms with van der Waals surface area (Å²) in [6.07, 6.45) is 3.36. The molecule has 0 aliphatic heterocycles. The van der Waals surface area contributed by atoms with Gasteiger partial charge >= 0.3 is 0 Å². The van der Waals surface area contributed by atoms with E-state index < -0.39 is 0 Å². The van der Waals surface area contributed by atoms with Gasteiger partial charge in [-0.05, 0) is 37.5 Å². The highest BCUT2D eigenvalue weighted by Crippen LogP contribution is 2.12. The van der Waals surface area contributed by atoms with Gasteiger partial charge in [-0.25, -0.2) is 9.97 Å². The number of hydrogen-bond donors (Lipinski definition) is 2. The molecule has 0 spiro atoms. The molecule has 116 valence electrons. The fraction of sp³-hybridized carbons (Fsp3) is 0.353. The summed E-state index contributed by atoms with van der Waals surface area (Å²) in [6.45, 7) is 6.25. The van der Waals surface area contributed by atoms with E-state index in [1.807, 2.05) is 24.3 Å². The van der Waals surface area contributed by atoms with Crippen LogP contribution in [0.5, 0.6) is 0 Å². The van der Waals surface area contributed by atoms with E-state index in [1.54, 1.807) is 6.07 Å². The Kier molecular flexibility index (Phi) is 5.47. The second-order valence-electron chi connectivity index (χ2n) is 5.25. The molecule has 1 atom stereocenters. The van der Waals surface area contributed by atoms with E-state index in [2.05, 4.69) is 41.4 Å². The van der Waals surface area contributed by atoms with Crippen LogP contribution in [0.3, 0.4) is 0 Å². The van der Waals surface area contributed by atoms with Gasteiger partial charge in [0, 0.05) is 17.8 Å². The third-order valence-corrected chi connectivity index (χ3v) is 3.53. The van der Waals surface area contributed by atoms with Crippen molar-refractivity contribution in [2.24, 2.45) is 0 Å². The number of nitrogens with zero attached hydrogens (tertiary/aromatic N) is 2. The predicted molar refractivity (Wildman–Crippen MR) is 89.2 cm³/mol. The van der Waals surface area contributed by atoms with Crippen LogP contribution >= 0.6 is 0 Å². The summed E-state index contributed by atoms with van der Waals surface area (Å²) in [5.74, 6) is 0.426. The SMILES string of the molecule is CCc1ccc(NC(=O)c2cc(NC(C)CC)ncn2)cc1. The minimum atomic E-state index is -0.237. The van der Waals surface area contributed by atoms with Gasteiger partial charge in [0.05, 0.1) is 0 Å². The molecule has 0 aliphatic carbocycles. The van der Waals surface area contributed by atoms with Crippen molar-refractivity contribution in [1.82, 2.24) is 9.97 Å². The van der Waals surface area contributed by atoms with Crippen molar-refractivity contribution in [3.63, 3.8) is 0 Å². The number of rotatable bonds is 6. The summed E-state index contributed by atoms with van der Waals surface area (Å²) in [5, 5.41) is 6.08. The number of carbonyl (C=O) groups is 1. The molecule has 5 heteroatoms. The Morgan fingerprint density at radius 2 is 1.91 bits per heavy atom. The lowest BCUT2D eigenvalue weighted by molar-refractivity contribution is 0.102. The minimum Gasteiger partial charge on any atom is -0.368 e. The largest absolute Gasteiger partial charge is 0.368 e. The molecule has 0 saturated carbocycles. The lowest BCUT2D eigenvalue weighted by Crippen LogP contribution is -2.17. The standard InChI is InChI=1S/C17H22N4O/c1-4-12(3)20-16-10-15(18-11-19-16)17(22)21-14-8-6-13(5-2)7-9-14/h6-12H,4-5H2,1-3H3,(H,21,22)(H,18,19,20). The second-order valence-corrected chi connectivity index (χ2v) is 5.25. The highest BCUT2D eigenvalue weighted by Gasteiger charge is 2.10. The minimum absolute atomic E-state index is 0.237. The monoisotopic (exact) mass is 298 g/mol. The number of amides is 1. The number of hydrogen-bond acceptors (Lipinski definition) is 4. The van der Waals surface area contributed by atoms with Crippen LogP contribution in [0.2, 0.25) is 0 Å². The molecule has 1 unspecified atom stereocenters. The first-order valence-electron chi connectivity index (χ1n) is 7.61. The Bertz CT molecular complexity index is 625. The average Bonchev–Trinajstić information content (AvgIpc) is 2.55. The Morgan fingerprint density at radius 3 is 2.55 bits per heavy atom. The van der Waals surface area contributed by atoms with Gasteiger partial charge in [-0.15, -0.1) is 0 Å². The summed E-state index contributed by atoms with van der Waals surface area (Å²) in [7, 11) is 0. The van der Waals surface area contributed by atoms with Crippen LogP contribution in [-0.2, 0) is 6.42 Å². The van der Waals surface area contributed by atoms with Crippen molar-refractivity contribution in [2.75, 3.05) is 10.6 Å². The second kappa shape index (κ2) is 7.54. The van der Waals surface area contributed by atoms with Crippen LogP contribution < -0.4 is 10.6 Å². The molecule has 0 fully saturated rings. The number of aryl methyl sites for hydroxylation is 1. The summed E-state index contributed by atoms with van der Waals surface area (Å²) in [4.78, 5) is 20.4. The average molecular weight is 298 g/mol. The van der Waals surface area contributed by atoms with E-state index in [0.29, 0.717) is 17.6 Å². The van der Waals surface area contributed by atoms with Crippen molar-refractivity contribution < 1.29 is 4.79 Å². The topological polar surface area (TPSA) is 66.9 Å². The summed E-state index contributed by atoms with van der Waals surface area (Å²) in [6, 6.07) is 9.78. The van der Waals surface area contributed by atoms with Crippen molar-refractivity contribution >= 4 is 17.4 Å². The van der Waals surface area contributed by atoms with Gasteiger partial charge in [-0.2, -0.15) is 0 Å². The van der Waals surface area contributed by atoms with E-state index in [0.717, 1.165) is 18.5 Å². The van der Waals surface area contributed by atoms with E-state index in [4.69, 9.17) is 0 Å². The molecule has 1 amide bonds. The fourth-order valence-electron chi connectivity index (χ4n) is 1.93. The third kappa shape index (κ3) is 4.28. The highest BCUT2D eigenvalue weighted by molar-refractivity contribution is 6.03. The van der Waals surface area contributed by atoms with E-state index in [9.17, 15) is 4.79 Å². The summed E-state index contributed by atoms with van der Waals surface area (Å²) < 4.78 is 0. The Morgan fingerprint density at radius 1 is 1.18 bits per heavy atom. The molecule has 1 heterocycles. The zero-order valence-corrected chi connectivity index (χ0v) is 13.3. The van der Waals surface area contributed by atoms with Gasteiger partial charge in [0.15, 0.2) is 0 Å². The van der Waals surface area contributed by atoms with Crippen LogP contribution in [0.4, 0.5) is 11.5 Å². The van der Waals surface area contributed by atoms with Gasteiger partial charge in [0.1, 0.15) is 17.8 Å². The van der Waals surface area contributed by atoms with E-state index >= 15 is 0 Å². The number of benzene rings is 1.